The average Bonchev–Trinajstić information content (AvgIpc) is 2.16. The molecule has 0 radical (unpaired) electrons. The predicted octanol–water partition coefficient (Wildman–Crippen LogP) is 2.09. The normalized spacial score (nSPS) is 19.1. The zero-order valence-electron chi connectivity index (χ0n) is 12.6. The summed E-state index contributed by atoms with van der Waals surface area (Å²) in [7, 11) is 0. The fourth-order valence-corrected chi connectivity index (χ4v) is 2.90. The molecule has 0 amide bonds. The van der Waals surface area contributed by atoms with Gasteiger partial charge in [-0.2, -0.15) is 6.42 Å². The molecule has 0 unspecified atom stereocenters. The minimum Gasteiger partial charge on any atom is -1.00 e. The van der Waals surface area contributed by atoms with Crippen LogP contribution in [0.3, 0.4) is 0 Å². The summed E-state index contributed by atoms with van der Waals surface area (Å²) in [4.78, 5) is 0. The van der Waals surface area contributed by atoms with Gasteiger partial charge < -0.3 is 23.9 Å². The Labute approximate surface area is 141 Å². The molecule has 0 fully saturated rings. The molecule has 0 aromatic carbocycles. The average molecular weight is 324 g/mol. The van der Waals surface area contributed by atoms with Crippen molar-refractivity contribution in [2.24, 2.45) is 5.41 Å². The van der Waals surface area contributed by atoms with Gasteiger partial charge in [0.05, 0.1) is 0 Å². The third-order valence-electron chi connectivity index (χ3n) is 3.95. The van der Waals surface area contributed by atoms with Crippen LogP contribution in [-0.2, 0) is 0 Å². The predicted molar refractivity (Wildman–Crippen MR) is 79.1 cm³/mol. The molecule has 0 saturated heterocycles. The second-order valence-electron chi connectivity index (χ2n) is 5.84. The first-order valence-corrected chi connectivity index (χ1v) is 6.61. The van der Waals surface area contributed by atoms with Gasteiger partial charge in [-0.15, -0.1) is 6.08 Å². The molecular formula is C16H27BrMg. The molecule has 0 atom stereocenters. The monoisotopic (exact) mass is 322 g/mol. The Morgan fingerprint density at radius 2 is 2.00 bits per heavy atom. The number of hydrogen-bond acceptors (Lipinski definition) is 0. The van der Waals surface area contributed by atoms with Gasteiger partial charge in [0.1, 0.15) is 0 Å². The summed E-state index contributed by atoms with van der Waals surface area (Å²) in [5.74, 6) is 0. The standard InChI is InChI=1S/C16H27.BrH.Mg/c1-6-8-13(2)10-11-15-14(3)9-7-12-16(15,4)5;;/h8H,1,6-7,9-12H2,2-5H3;1H;/q-1;;+2/p-1. The van der Waals surface area contributed by atoms with Crippen molar-refractivity contribution in [2.45, 2.75) is 66.2 Å². The van der Waals surface area contributed by atoms with Gasteiger partial charge in [0, 0.05) is 0 Å². The molecule has 0 spiro atoms. The van der Waals surface area contributed by atoms with Crippen LogP contribution >= 0.6 is 0 Å². The Balaban J connectivity index is 0. The van der Waals surface area contributed by atoms with Crippen LogP contribution in [0.1, 0.15) is 66.2 Å². The van der Waals surface area contributed by atoms with Gasteiger partial charge in [-0.05, 0) is 51.4 Å². The maximum absolute atomic E-state index is 3.88. The van der Waals surface area contributed by atoms with Crippen LogP contribution in [0.5, 0.6) is 0 Å². The Morgan fingerprint density at radius 1 is 1.39 bits per heavy atom. The van der Waals surface area contributed by atoms with Crippen LogP contribution in [0.2, 0.25) is 0 Å². The van der Waals surface area contributed by atoms with E-state index in [1.54, 1.807) is 11.1 Å². The van der Waals surface area contributed by atoms with Crippen molar-refractivity contribution < 1.29 is 17.0 Å². The van der Waals surface area contributed by atoms with Gasteiger partial charge in [-0.1, -0.05) is 30.6 Å². The van der Waals surface area contributed by atoms with Crippen molar-refractivity contribution in [3.63, 3.8) is 0 Å². The first-order chi connectivity index (χ1) is 7.47. The Bertz CT molecular complexity index is 300. The molecule has 1 aliphatic carbocycles. The number of halogens is 1. The number of hydrogen-bond donors (Lipinski definition) is 0. The molecule has 0 saturated carbocycles. The molecule has 1 rings (SSSR count). The third kappa shape index (κ3) is 6.25. The van der Waals surface area contributed by atoms with E-state index in [-0.39, 0.29) is 40.0 Å². The van der Waals surface area contributed by atoms with E-state index in [0.717, 1.165) is 6.42 Å². The van der Waals surface area contributed by atoms with Crippen LogP contribution in [0.25, 0.3) is 0 Å². The minimum absolute atomic E-state index is 0. The van der Waals surface area contributed by atoms with E-state index < -0.39 is 0 Å². The third-order valence-corrected chi connectivity index (χ3v) is 3.95. The summed E-state index contributed by atoms with van der Waals surface area (Å²) in [6, 6.07) is 0. The number of allylic oxidation sites excluding steroid dienone is 4. The van der Waals surface area contributed by atoms with E-state index in [0.29, 0.717) is 5.41 Å². The molecule has 0 aromatic rings. The van der Waals surface area contributed by atoms with Crippen LogP contribution in [0.4, 0.5) is 0 Å². The summed E-state index contributed by atoms with van der Waals surface area (Å²) in [6.07, 6.45) is 9.69. The maximum atomic E-state index is 3.88. The summed E-state index contributed by atoms with van der Waals surface area (Å²) >= 11 is 0. The second kappa shape index (κ2) is 9.60. The fraction of sp³-hybridized carbons (Fsp3) is 0.688. The van der Waals surface area contributed by atoms with Gasteiger partial charge in [0.2, 0.25) is 0 Å². The van der Waals surface area contributed by atoms with Gasteiger partial charge in [0.25, 0.3) is 0 Å². The van der Waals surface area contributed by atoms with Gasteiger partial charge >= 0.3 is 23.1 Å². The molecule has 0 bridgehead atoms. The zero-order chi connectivity index (χ0) is 12.2. The van der Waals surface area contributed by atoms with E-state index in [1.165, 1.54) is 37.7 Å². The van der Waals surface area contributed by atoms with Crippen molar-refractivity contribution in [3.05, 3.63) is 29.7 Å². The molecule has 0 nitrogen and oxygen atoms in total. The molecule has 2 heteroatoms. The summed E-state index contributed by atoms with van der Waals surface area (Å²) < 4.78 is 0. The van der Waals surface area contributed by atoms with Gasteiger partial charge in [-0.3, -0.25) is 0 Å². The molecule has 0 N–H and O–H groups in total. The molecule has 18 heavy (non-hydrogen) atoms. The van der Waals surface area contributed by atoms with Gasteiger partial charge in [-0.25, -0.2) is 0 Å². The van der Waals surface area contributed by atoms with E-state index in [1.807, 2.05) is 0 Å². The molecular weight excluding hydrogens is 296 g/mol. The van der Waals surface area contributed by atoms with E-state index in [4.69, 9.17) is 0 Å². The molecule has 100 valence electrons. The molecule has 0 heterocycles. The van der Waals surface area contributed by atoms with Crippen LogP contribution in [0.15, 0.2) is 22.8 Å². The first-order valence-electron chi connectivity index (χ1n) is 6.61. The summed E-state index contributed by atoms with van der Waals surface area (Å²) in [5.41, 5.74) is 5.30. The molecule has 0 aromatic heterocycles. The van der Waals surface area contributed by atoms with Crippen LogP contribution in [-0.4, -0.2) is 23.1 Å². The molecule has 1 aliphatic rings. The minimum atomic E-state index is 0. The first kappa shape index (κ1) is 21.0. The van der Waals surface area contributed by atoms with Crippen molar-refractivity contribution in [3.8, 4) is 0 Å². The van der Waals surface area contributed by atoms with Crippen molar-refractivity contribution in [1.29, 1.82) is 0 Å². The summed E-state index contributed by atoms with van der Waals surface area (Å²) in [5, 5.41) is 0. The van der Waals surface area contributed by atoms with Crippen LogP contribution in [0, 0.1) is 12.3 Å². The maximum Gasteiger partial charge on any atom is 2.00 e. The van der Waals surface area contributed by atoms with E-state index in [2.05, 4.69) is 40.7 Å². The van der Waals surface area contributed by atoms with Crippen molar-refractivity contribution in [2.75, 3.05) is 0 Å². The van der Waals surface area contributed by atoms with Crippen molar-refractivity contribution in [1.82, 2.24) is 0 Å². The second-order valence-corrected chi connectivity index (χ2v) is 5.84. The SMILES string of the molecule is [Br-].[CH2-]CC=C(C)CCC1=C(C)CCCC1(C)C.[Mg+2]. The smallest absolute Gasteiger partial charge is 1.00 e. The van der Waals surface area contributed by atoms with E-state index in [9.17, 15) is 0 Å². The zero-order valence-corrected chi connectivity index (χ0v) is 15.6. The summed E-state index contributed by atoms with van der Waals surface area (Å²) in [6.45, 7) is 13.3. The number of rotatable bonds is 4. The van der Waals surface area contributed by atoms with E-state index >= 15 is 0 Å². The Kier molecular flexibility index (Phi) is 11.2. The topological polar surface area (TPSA) is 0 Å². The van der Waals surface area contributed by atoms with Crippen molar-refractivity contribution >= 4 is 23.1 Å². The quantitative estimate of drug-likeness (QED) is 0.422. The Hall–Kier alpha value is 0.726. The largest absolute Gasteiger partial charge is 2.00 e. The van der Waals surface area contributed by atoms with Gasteiger partial charge in [0.15, 0.2) is 0 Å². The fourth-order valence-electron chi connectivity index (χ4n) is 2.90. The van der Waals surface area contributed by atoms with Crippen LogP contribution < -0.4 is 17.0 Å². The molecule has 0 aliphatic heterocycles. The Morgan fingerprint density at radius 3 is 2.50 bits per heavy atom.